The molecular weight excluding hydrogens is 282 g/mol. The van der Waals surface area contributed by atoms with Crippen LogP contribution >= 0.6 is 11.6 Å². The summed E-state index contributed by atoms with van der Waals surface area (Å²) in [4.78, 5) is 2.55. The van der Waals surface area contributed by atoms with Crippen LogP contribution in [0.4, 0.5) is 5.69 Å². The monoisotopic (exact) mass is 305 g/mol. The molecule has 1 aliphatic heterocycles. The second-order valence-corrected chi connectivity index (χ2v) is 6.33. The molecule has 1 N–H and O–H groups in total. The maximum Gasteiger partial charge on any atom is 0.0992 e. The highest BCUT2D eigenvalue weighted by molar-refractivity contribution is 6.33. The van der Waals surface area contributed by atoms with Crippen LogP contribution in [-0.2, 0) is 0 Å². The SMILES string of the molecule is CCCN1CCC(C(C)Nc2ccc(C#N)cc2Cl)CC1. The Morgan fingerprint density at radius 2 is 2.14 bits per heavy atom. The van der Waals surface area contributed by atoms with Crippen molar-refractivity contribution in [3.63, 3.8) is 0 Å². The third-order valence-corrected chi connectivity index (χ3v) is 4.67. The largest absolute Gasteiger partial charge is 0.381 e. The number of nitriles is 1. The van der Waals surface area contributed by atoms with E-state index in [0.717, 1.165) is 5.69 Å². The van der Waals surface area contributed by atoms with Crippen LogP contribution in [0, 0.1) is 17.2 Å². The molecule has 0 spiro atoms. The van der Waals surface area contributed by atoms with Gasteiger partial charge in [0.15, 0.2) is 0 Å². The van der Waals surface area contributed by atoms with Gasteiger partial charge >= 0.3 is 0 Å². The van der Waals surface area contributed by atoms with Crippen LogP contribution in [0.1, 0.15) is 38.7 Å². The number of rotatable bonds is 5. The van der Waals surface area contributed by atoms with Crippen molar-refractivity contribution in [3.8, 4) is 6.07 Å². The lowest BCUT2D eigenvalue weighted by atomic mass is 9.90. The Bertz CT molecular complexity index is 501. The normalized spacial score (nSPS) is 18.2. The Morgan fingerprint density at radius 3 is 2.71 bits per heavy atom. The summed E-state index contributed by atoms with van der Waals surface area (Å²) >= 11 is 6.23. The Kier molecular flexibility index (Phi) is 5.90. The van der Waals surface area contributed by atoms with E-state index < -0.39 is 0 Å². The van der Waals surface area contributed by atoms with Gasteiger partial charge in [-0.3, -0.25) is 0 Å². The summed E-state index contributed by atoms with van der Waals surface area (Å²) in [6, 6.07) is 7.95. The van der Waals surface area contributed by atoms with Gasteiger partial charge in [-0.2, -0.15) is 5.26 Å². The first-order valence-electron chi connectivity index (χ1n) is 7.82. The predicted molar refractivity (Wildman–Crippen MR) is 88.7 cm³/mol. The molecule has 1 fully saturated rings. The standard InChI is InChI=1S/C17H24ClN3/c1-3-8-21-9-6-15(7-10-21)13(2)20-17-5-4-14(12-19)11-16(17)18/h4-5,11,13,15,20H,3,6-10H2,1-2H3. The van der Waals surface area contributed by atoms with Gasteiger partial charge in [0, 0.05) is 6.04 Å². The maximum absolute atomic E-state index is 8.87. The van der Waals surface area contributed by atoms with Gasteiger partial charge < -0.3 is 10.2 Å². The van der Waals surface area contributed by atoms with E-state index in [9.17, 15) is 0 Å². The van der Waals surface area contributed by atoms with Crippen LogP contribution in [0.15, 0.2) is 18.2 Å². The molecule has 4 heteroatoms. The molecule has 1 aromatic rings. The van der Waals surface area contributed by atoms with Crippen molar-refractivity contribution in [2.45, 2.75) is 39.2 Å². The van der Waals surface area contributed by atoms with E-state index in [0.29, 0.717) is 22.5 Å². The molecule has 3 nitrogen and oxygen atoms in total. The zero-order valence-electron chi connectivity index (χ0n) is 12.9. The molecule has 21 heavy (non-hydrogen) atoms. The summed E-state index contributed by atoms with van der Waals surface area (Å²) in [7, 11) is 0. The zero-order chi connectivity index (χ0) is 15.2. The molecule has 0 bridgehead atoms. The molecule has 1 aliphatic rings. The number of hydrogen-bond acceptors (Lipinski definition) is 3. The van der Waals surface area contributed by atoms with Gasteiger partial charge in [-0.15, -0.1) is 0 Å². The number of hydrogen-bond donors (Lipinski definition) is 1. The molecule has 1 heterocycles. The molecule has 1 saturated heterocycles. The van der Waals surface area contributed by atoms with Gasteiger partial charge in [-0.25, -0.2) is 0 Å². The Morgan fingerprint density at radius 1 is 1.43 bits per heavy atom. The van der Waals surface area contributed by atoms with Crippen LogP contribution in [0.3, 0.4) is 0 Å². The van der Waals surface area contributed by atoms with Crippen LogP contribution in [0.2, 0.25) is 5.02 Å². The topological polar surface area (TPSA) is 39.1 Å². The fourth-order valence-electron chi connectivity index (χ4n) is 3.06. The minimum atomic E-state index is 0.402. The van der Waals surface area contributed by atoms with Gasteiger partial charge in [0.05, 0.1) is 22.3 Å². The summed E-state index contributed by atoms with van der Waals surface area (Å²) in [5.41, 5.74) is 1.53. The number of benzene rings is 1. The third-order valence-electron chi connectivity index (χ3n) is 4.36. The van der Waals surface area contributed by atoms with E-state index in [2.05, 4.69) is 30.1 Å². The first-order chi connectivity index (χ1) is 10.1. The number of nitrogens with zero attached hydrogens (tertiary/aromatic N) is 2. The number of likely N-dealkylation sites (tertiary alicyclic amines) is 1. The van der Waals surface area contributed by atoms with Gasteiger partial charge in [-0.05, 0) is 69.9 Å². The second kappa shape index (κ2) is 7.68. The summed E-state index contributed by atoms with van der Waals surface area (Å²) in [6.45, 7) is 8.09. The number of nitrogens with one attached hydrogen (secondary N) is 1. The third kappa shape index (κ3) is 4.36. The molecule has 1 atom stereocenters. The molecule has 2 rings (SSSR count). The molecule has 1 aromatic carbocycles. The zero-order valence-corrected chi connectivity index (χ0v) is 13.7. The average molecular weight is 306 g/mol. The predicted octanol–water partition coefficient (Wildman–Crippen LogP) is 4.13. The van der Waals surface area contributed by atoms with E-state index >= 15 is 0 Å². The van der Waals surface area contributed by atoms with E-state index in [4.69, 9.17) is 16.9 Å². The van der Waals surface area contributed by atoms with Crippen molar-refractivity contribution in [2.24, 2.45) is 5.92 Å². The minimum Gasteiger partial charge on any atom is -0.381 e. The Labute approximate surface area is 132 Å². The molecule has 114 valence electrons. The average Bonchev–Trinajstić information content (AvgIpc) is 2.50. The Hall–Kier alpha value is -1.24. The van der Waals surface area contributed by atoms with Crippen molar-refractivity contribution in [2.75, 3.05) is 25.0 Å². The lowest BCUT2D eigenvalue weighted by Crippen LogP contribution is -2.39. The number of piperidine rings is 1. The van der Waals surface area contributed by atoms with Crippen LogP contribution < -0.4 is 5.32 Å². The van der Waals surface area contributed by atoms with Crippen LogP contribution in [-0.4, -0.2) is 30.6 Å². The van der Waals surface area contributed by atoms with Crippen LogP contribution in [0.5, 0.6) is 0 Å². The Balaban J connectivity index is 1.90. The first-order valence-corrected chi connectivity index (χ1v) is 8.20. The number of halogens is 1. The quantitative estimate of drug-likeness (QED) is 0.889. The lowest BCUT2D eigenvalue weighted by molar-refractivity contribution is 0.176. The van der Waals surface area contributed by atoms with Gasteiger partial charge in [-0.1, -0.05) is 18.5 Å². The van der Waals surface area contributed by atoms with Crippen molar-refractivity contribution in [1.29, 1.82) is 5.26 Å². The summed E-state index contributed by atoms with van der Waals surface area (Å²) in [6.07, 6.45) is 3.71. The van der Waals surface area contributed by atoms with Crippen LogP contribution in [0.25, 0.3) is 0 Å². The highest BCUT2D eigenvalue weighted by atomic mass is 35.5. The van der Waals surface area contributed by atoms with Crippen molar-refractivity contribution in [3.05, 3.63) is 28.8 Å². The van der Waals surface area contributed by atoms with Crippen molar-refractivity contribution in [1.82, 2.24) is 4.90 Å². The molecule has 0 saturated carbocycles. The van der Waals surface area contributed by atoms with Crippen molar-refractivity contribution < 1.29 is 0 Å². The maximum atomic E-state index is 8.87. The van der Waals surface area contributed by atoms with Gasteiger partial charge in [0.25, 0.3) is 0 Å². The molecule has 0 aliphatic carbocycles. The fraction of sp³-hybridized carbons (Fsp3) is 0.588. The molecule has 0 amide bonds. The van der Waals surface area contributed by atoms with Gasteiger partial charge in [0.1, 0.15) is 0 Å². The highest BCUT2D eigenvalue weighted by Gasteiger charge is 2.23. The van der Waals surface area contributed by atoms with E-state index in [1.165, 1.54) is 38.9 Å². The smallest absolute Gasteiger partial charge is 0.0992 e. The minimum absolute atomic E-state index is 0.402. The number of anilines is 1. The summed E-state index contributed by atoms with van der Waals surface area (Å²) in [5.74, 6) is 0.685. The lowest BCUT2D eigenvalue weighted by Gasteiger charge is -2.35. The first kappa shape index (κ1) is 16.1. The molecule has 0 radical (unpaired) electrons. The molecule has 0 aromatic heterocycles. The summed E-state index contributed by atoms with van der Waals surface area (Å²) < 4.78 is 0. The van der Waals surface area contributed by atoms with Gasteiger partial charge in [0.2, 0.25) is 0 Å². The molecule has 1 unspecified atom stereocenters. The van der Waals surface area contributed by atoms with Crippen molar-refractivity contribution >= 4 is 17.3 Å². The van der Waals surface area contributed by atoms with E-state index in [1.54, 1.807) is 6.07 Å². The molecular formula is C17H24ClN3. The summed E-state index contributed by atoms with van der Waals surface area (Å²) in [5, 5.41) is 13.0. The second-order valence-electron chi connectivity index (χ2n) is 5.92. The van der Waals surface area contributed by atoms with E-state index in [-0.39, 0.29) is 0 Å². The fourth-order valence-corrected chi connectivity index (χ4v) is 3.29. The highest BCUT2D eigenvalue weighted by Crippen LogP contribution is 2.27. The van der Waals surface area contributed by atoms with E-state index in [1.807, 2.05) is 12.1 Å².